The molecule has 0 bridgehead atoms. The third-order valence-corrected chi connectivity index (χ3v) is 4.09. The number of alkyl halides is 3. The highest BCUT2D eigenvalue weighted by molar-refractivity contribution is 6.36. The second kappa shape index (κ2) is 6.95. The largest absolute Gasteiger partial charge is 0.416 e. The number of anilines is 1. The van der Waals surface area contributed by atoms with Crippen molar-refractivity contribution in [3.8, 4) is 0 Å². The van der Waals surface area contributed by atoms with Gasteiger partial charge in [-0.25, -0.2) is 0 Å². The summed E-state index contributed by atoms with van der Waals surface area (Å²) in [5.41, 5.74) is 0.478. The monoisotopic (exact) mass is 382 g/mol. The summed E-state index contributed by atoms with van der Waals surface area (Å²) in [4.78, 5) is 15.7. The molecule has 0 spiro atoms. The van der Waals surface area contributed by atoms with Crippen LogP contribution in [0.25, 0.3) is 10.9 Å². The highest BCUT2D eigenvalue weighted by Gasteiger charge is 2.30. The lowest BCUT2D eigenvalue weighted by Crippen LogP contribution is -2.11. The Morgan fingerprint density at radius 2 is 1.92 bits per heavy atom. The molecule has 3 rings (SSSR count). The fourth-order valence-corrected chi connectivity index (χ4v) is 2.72. The minimum atomic E-state index is -4.38. The Bertz CT molecular complexity index is 951. The van der Waals surface area contributed by atoms with Crippen LogP contribution in [0.5, 0.6) is 0 Å². The summed E-state index contributed by atoms with van der Waals surface area (Å²) >= 11 is 6.18. The summed E-state index contributed by atoms with van der Waals surface area (Å²) < 4.78 is 39.6. The first kappa shape index (κ1) is 18.2. The van der Waals surface area contributed by atoms with Gasteiger partial charge in [-0.05, 0) is 17.7 Å². The van der Waals surface area contributed by atoms with Crippen LogP contribution in [0.3, 0.4) is 0 Å². The van der Waals surface area contributed by atoms with E-state index in [1.165, 1.54) is 18.3 Å². The number of nitrogens with zero attached hydrogens (tertiary/aromatic N) is 3. The van der Waals surface area contributed by atoms with Crippen molar-refractivity contribution >= 4 is 34.2 Å². The molecule has 0 atom stereocenters. The first-order chi connectivity index (χ1) is 12.3. The normalized spacial score (nSPS) is 11.7. The smallest absolute Gasteiger partial charge is 0.309 e. The van der Waals surface area contributed by atoms with Crippen molar-refractivity contribution in [2.75, 3.05) is 5.32 Å². The molecule has 0 fully saturated rings. The summed E-state index contributed by atoms with van der Waals surface area (Å²) in [6.07, 6.45) is -1.13. The molecule has 0 saturated heterocycles. The number of fused-ring (bicyclic) bond motifs is 1. The lowest BCUT2D eigenvalue weighted by Gasteiger charge is -2.08. The first-order valence-corrected chi connectivity index (χ1v) is 8.13. The van der Waals surface area contributed by atoms with Gasteiger partial charge < -0.3 is 5.32 Å². The molecule has 0 aliphatic rings. The summed E-state index contributed by atoms with van der Waals surface area (Å²) in [5, 5.41) is 7.89. The fraction of sp³-hybridized carbons (Fsp3) is 0.235. The van der Waals surface area contributed by atoms with Crippen molar-refractivity contribution in [1.82, 2.24) is 14.8 Å². The maximum absolute atomic E-state index is 12.7. The number of amides is 1. The Morgan fingerprint density at radius 1 is 1.23 bits per heavy atom. The van der Waals surface area contributed by atoms with Gasteiger partial charge in [0.2, 0.25) is 5.91 Å². The number of carbonyl (C=O) groups is 1. The number of carbonyl (C=O) groups excluding carboxylic acids is 1. The van der Waals surface area contributed by atoms with E-state index in [-0.39, 0.29) is 18.9 Å². The van der Waals surface area contributed by atoms with Crippen LogP contribution in [0.4, 0.5) is 19.0 Å². The molecule has 0 radical (unpaired) electrons. The number of nitrogens with one attached hydrogen (secondary N) is 1. The van der Waals surface area contributed by atoms with Gasteiger partial charge in [0.15, 0.2) is 5.82 Å². The minimum Gasteiger partial charge on any atom is -0.309 e. The molecule has 1 aromatic carbocycles. The molecule has 1 amide bonds. The van der Waals surface area contributed by atoms with Crippen molar-refractivity contribution in [3.05, 3.63) is 52.8 Å². The third-order valence-electron chi connectivity index (χ3n) is 3.81. The number of aromatic nitrogens is 3. The number of pyridine rings is 1. The molecule has 0 aliphatic carbocycles. The van der Waals surface area contributed by atoms with E-state index < -0.39 is 11.7 Å². The maximum Gasteiger partial charge on any atom is 0.416 e. The fourth-order valence-electron chi connectivity index (χ4n) is 2.48. The van der Waals surface area contributed by atoms with Crippen LogP contribution >= 0.6 is 11.6 Å². The molecule has 136 valence electrons. The van der Waals surface area contributed by atoms with E-state index in [0.717, 1.165) is 12.1 Å². The van der Waals surface area contributed by atoms with Gasteiger partial charge in [-0.1, -0.05) is 30.7 Å². The van der Waals surface area contributed by atoms with Gasteiger partial charge >= 0.3 is 6.18 Å². The zero-order valence-electron chi connectivity index (χ0n) is 13.6. The Hall–Kier alpha value is -2.61. The third kappa shape index (κ3) is 3.65. The lowest BCUT2D eigenvalue weighted by atomic mass is 10.1. The number of benzene rings is 1. The number of hydrogen-bond acceptors (Lipinski definition) is 3. The zero-order valence-corrected chi connectivity index (χ0v) is 14.4. The van der Waals surface area contributed by atoms with Crippen molar-refractivity contribution in [2.45, 2.75) is 26.1 Å². The second-order valence-electron chi connectivity index (χ2n) is 5.62. The van der Waals surface area contributed by atoms with E-state index in [2.05, 4.69) is 15.4 Å². The topological polar surface area (TPSA) is 59.8 Å². The van der Waals surface area contributed by atoms with Crippen LogP contribution in [0.15, 0.2) is 36.7 Å². The molecule has 3 aromatic rings. The Kier molecular flexibility index (Phi) is 4.86. The molecule has 0 aliphatic heterocycles. The number of halogens is 4. The van der Waals surface area contributed by atoms with Gasteiger partial charge in [0.25, 0.3) is 0 Å². The molecule has 5 nitrogen and oxygen atoms in total. The average Bonchev–Trinajstić information content (AvgIpc) is 2.93. The maximum atomic E-state index is 12.7. The van der Waals surface area contributed by atoms with E-state index in [1.807, 2.05) is 0 Å². The lowest BCUT2D eigenvalue weighted by molar-refractivity contribution is -0.137. The zero-order chi connectivity index (χ0) is 18.9. The van der Waals surface area contributed by atoms with Gasteiger partial charge in [0.1, 0.15) is 0 Å². The quantitative estimate of drug-likeness (QED) is 0.722. The van der Waals surface area contributed by atoms with E-state index in [4.69, 9.17) is 11.6 Å². The van der Waals surface area contributed by atoms with Crippen LogP contribution in [0.2, 0.25) is 5.02 Å². The number of rotatable bonds is 4. The van der Waals surface area contributed by atoms with Gasteiger partial charge in [0, 0.05) is 12.6 Å². The highest BCUT2D eigenvalue weighted by atomic mass is 35.5. The Morgan fingerprint density at radius 3 is 2.54 bits per heavy atom. The molecule has 26 heavy (non-hydrogen) atoms. The molecule has 2 heterocycles. The second-order valence-corrected chi connectivity index (χ2v) is 6.03. The summed E-state index contributed by atoms with van der Waals surface area (Å²) in [7, 11) is 0. The summed E-state index contributed by atoms with van der Waals surface area (Å²) in [6.45, 7) is 1.92. The van der Waals surface area contributed by atoms with E-state index >= 15 is 0 Å². The standard InChI is InChI=1S/C17H14ClF3N4O/c1-2-14(26)23-16-15-12(18)7-22-8-13(15)25(24-16)9-10-3-5-11(6-4-10)17(19,20)21/h3-8H,2,9H2,1H3,(H,23,24,26). The average molecular weight is 383 g/mol. The summed E-state index contributed by atoms with van der Waals surface area (Å²) in [6, 6.07) is 4.81. The van der Waals surface area contributed by atoms with Gasteiger partial charge in [-0.3, -0.25) is 14.5 Å². The Balaban J connectivity index is 1.97. The van der Waals surface area contributed by atoms with Crippen LogP contribution in [-0.4, -0.2) is 20.7 Å². The number of hydrogen-bond donors (Lipinski definition) is 1. The van der Waals surface area contributed by atoms with Crippen LogP contribution in [0.1, 0.15) is 24.5 Å². The summed E-state index contributed by atoms with van der Waals surface area (Å²) in [5.74, 6) is 0.0742. The van der Waals surface area contributed by atoms with Crippen molar-refractivity contribution < 1.29 is 18.0 Å². The van der Waals surface area contributed by atoms with E-state index in [9.17, 15) is 18.0 Å². The molecular formula is C17H14ClF3N4O. The van der Waals surface area contributed by atoms with Crippen molar-refractivity contribution in [3.63, 3.8) is 0 Å². The van der Waals surface area contributed by atoms with Gasteiger partial charge in [-0.2, -0.15) is 18.3 Å². The van der Waals surface area contributed by atoms with Crippen LogP contribution < -0.4 is 5.32 Å². The van der Waals surface area contributed by atoms with Crippen LogP contribution in [-0.2, 0) is 17.5 Å². The predicted molar refractivity (Wildman–Crippen MR) is 92.0 cm³/mol. The van der Waals surface area contributed by atoms with Crippen LogP contribution in [0, 0.1) is 0 Å². The molecule has 0 unspecified atom stereocenters. The molecule has 9 heteroatoms. The van der Waals surface area contributed by atoms with Gasteiger partial charge in [0.05, 0.1) is 34.2 Å². The molecule has 2 aromatic heterocycles. The van der Waals surface area contributed by atoms with E-state index in [1.54, 1.807) is 17.8 Å². The van der Waals surface area contributed by atoms with Crippen molar-refractivity contribution in [2.24, 2.45) is 0 Å². The van der Waals surface area contributed by atoms with E-state index in [0.29, 0.717) is 27.3 Å². The van der Waals surface area contributed by atoms with Gasteiger partial charge in [-0.15, -0.1) is 0 Å². The highest BCUT2D eigenvalue weighted by Crippen LogP contribution is 2.31. The molecule has 0 saturated carbocycles. The minimum absolute atomic E-state index is 0.207. The Labute approximate surface area is 151 Å². The predicted octanol–water partition coefficient (Wildman–Crippen LogP) is 4.50. The van der Waals surface area contributed by atoms with Crippen molar-refractivity contribution in [1.29, 1.82) is 0 Å². The molecule has 1 N–H and O–H groups in total. The first-order valence-electron chi connectivity index (χ1n) is 7.75. The SMILES string of the molecule is CCC(=O)Nc1nn(Cc2ccc(C(F)(F)F)cc2)c2cncc(Cl)c12. The molecular weight excluding hydrogens is 369 g/mol.